The fourth-order valence-electron chi connectivity index (χ4n) is 2.88. The first kappa shape index (κ1) is 18.0. The number of nitrogens with zero attached hydrogens (tertiary/aromatic N) is 2. The van der Waals surface area contributed by atoms with Crippen LogP contribution in [0, 0.1) is 6.92 Å². The minimum atomic E-state index is -0.249. The average Bonchev–Trinajstić information content (AvgIpc) is 3.08. The zero-order valence-corrected chi connectivity index (χ0v) is 15.0. The first-order chi connectivity index (χ1) is 12.5. The molecule has 1 aromatic heterocycles. The van der Waals surface area contributed by atoms with Gasteiger partial charge in [-0.05, 0) is 37.3 Å². The number of amides is 2. The van der Waals surface area contributed by atoms with Gasteiger partial charge in [-0.2, -0.15) is 0 Å². The lowest BCUT2D eigenvalue weighted by molar-refractivity contribution is -0.116. The molecule has 3 rings (SSSR count). The van der Waals surface area contributed by atoms with Gasteiger partial charge < -0.3 is 24.3 Å². The van der Waals surface area contributed by atoms with Gasteiger partial charge in [-0.1, -0.05) is 0 Å². The van der Waals surface area contributed by atoms with Crippen molar-refractivity contribution in [3.8, 4) is 0 Å². The number of rotatable bonds is 5. The Balaban J connectivity index is 1.54. The first-order valence-corrected chi connectivity index (χ1v) is 8.57. The fraction of sp³-hybridized carbons (Fsp3) is 0.368. The smallest absolute Gasteiger partial charge is 0.257 e. The highest BCUT2D eigenvalue weighted by molar-refractivity contribution is 5.99. The molecule has 0 unspecified atom stereocenters. The zero-order chi connectivity index (χ0) is 18.5. The number of hydrogen-bond donors (Lipinski definition) is 1. The molecule has 1 aliphatic rings. The van der Waals surface area contributed by atoms with Crippen LogP contribution < -0.4 is 10.2 Å². The topological polar surface area (TPSA) is 75.0 Å². The van der Waals surface area contributed by atoms with E-state index in [0.29, 0.717) is 17.0 Å². The Morgan fingerprint density at radius 2 is 1.85 bits per heavy atom. The van der Waals surface area contributed by atoms with Crippen LogP contribution in [0.1, 0.15) is 16.1 Å². The van der Waals surface area contributed by atoms with Gasteiger partial charge in [0.2, 0.25) is 5.91 Å². The monoisotopic (exact) mass is 357 g/mol. The number of ether oxygens (including phenoxy) is 1. The van der Waals surface area contributed by atoms with Gasteiger partial charge in [0.05, 0.1) is 31.6 Å². The number of furan rings is 1. The molecular weight excluding hydrogens is 334 g/mol. The van der Waals surface area contributed by atoms with Crippen molar-refractivity contribution in [3.63, 3.8) is 0 Å². The third kappa shape index (κ3) is 4.23. The maximum atomic E-state index is 12.3. The average molecular weight is 357 g/mol. The van der Waals surface area contributed by atoms with E-state index in [2.05, 4.69) is 10.2 Å². The molecule has 7 heteroatoms. The van der Waals surface area contributed by atoms with Crippen LogP contribution in [0.15, 0.2) is 41.0 Å². The molecule has 26 heavy (non-hydrogen) atoms. The summed E-state index contributed by atoms with van der Waals surface area (Å²) in [5.74, 6) is 0.0520. The number of anilines is 2. The van der Waals surface area contributed by atoms with Crippen molar-refractivity contribution in [1.29, 1.82) is 0 Å². The zero-order valence-electron chi connectivity index (χ0n) is 15.0. The molecule has 1 saturated heterocycles. The molecule has 0 saturated carbocycles. The summed E-state index contributed by atoms with van der Waals surface area (Å²) in [6.45, 7) is 4.88. The summed E-state index contributed by atoms with van der Waals surface area (Å²) in [6, 6.07) is 9.29. The van der Waals surface area contributed by atoms with E-state index in [1.54, 1.807) is 20.0 Å². The van der Waals surface area contributed by atoms with Crippen LogP contribution in [-0.4, -0.2) is 56.6 Å². The number of benzene rings is 1. The predicted octanol–water partition coefficient (Wildman–Crippen LogP) is 2.14. The van der Waals surface area contributed by atoms with E-state index in [9.17, 15) is 9.59 Å². The lowest BCUT2D eigenvalue weighted by atomic mass is 10.2. The molecule has 1 fully saturated rings. The lowest BCUT2D eigenvalue weighted by Crippen LogP contribution is -2.36. The second-order valence-electron chi connectivity index (χ2n) is 6.25. The molecular formula is C19H23N3O4. The van der Waals surface area contributed by atoms with Gasteiger partial charge in [-0.15, -0.1) is 0 Å². The molecule has 0 atom stereocenters. The van der Waals surface area contributed by atoms with Crippen LogP contribution in [0.25, 0.3) is 0 Å². The second-order valence-corrected chi connectivity index (χ2v) is 6.25. The van der Waals surface area contributed by atoms with Gasteiger partial charge in [-0.25, -0.2) is 0 Å². The van der Waals surface area contributed by atoms with E-state index in [4.69, 9.17) is 9.15 Å². The molecule has 7 nitrogen and oxygen atoms in total. The van der Waals surface area contributed by atoms with Crippen molar-refractivity contribution in [3.05, 3.63) is 47.9 Å². The third-order valence-corrected chi connectivity index (χ3v) is 4.34. The Morgan fingerprint density at radius 1 is 1.15 bits per heavy atom. The minimum absolute atomic E-state index is 0.0331. The SMILES string of the molecule is Cc1occc1C(=O)N(C)CC(=O)Nc1ccc(N2CCOCC2)cc1. The molecule has 1 aliphatic heterocycles. The third-order valence-electron chi connectivity index (χ3n) is 4.34. The lowest BCUT2D eigenvalue weighted by Gasteiger charge is -2.28. The highest BCUT2D eigenvalue weighted by Gasteiger charge is 2.18. The van der Waals surface area contributed by atoms with Crippen molar-refractivity contribution < 1.29 is 18.7 Å². The standard InChI is InChI=1S/C19H23N3O4/c1-14-17(7-10-26-14)19(24)21(2)13-18(23)20-15-3-5-16(6-4-15)22-8-11-25-12-9-22/h3-7,10H,8-9,11-13H2,1-2H3,(H,20,23). The summed E-state index contributed by atoms with van der Waals surface area (Å²) in [7, 11) is 1.59. The van der Waals surface area contributed by atoms with E-state index in [0.717, 1.165) is 32.0 Å². The first-order valence-electron chi connectivity index (χ1n) is 8.57. The van der Waals surface area contributed by atoms with Gasteiger partial charge in [0.1, 0.15) is 5.76 Å². The Hall–Kier alpha value is -2.80. The van der Waals surface area contributed by atoms with E-state index in [1.165, 1.54) is 11.2 Å². The summed E-state index contributed by atoms with van der Waals surface area (Å²) < 4.78 is 10.5. The van der Waals surface area contributed by atoms with Crippen LogP contribution in [0.4, 0.5) is 11.4 Å². The van der Waals surface area contributed by atoms with Crippen LogP contribution >= 0.6 is 0 Å². The van der Waals surface area contributed by atoms with Gasteiger partial charge in [0.15, 0.2) is 0 Å². The number of carbonyl (C=O) groups is 2. The minimum Gasteiger partial charge on any atom is -0.469 e. The predicted molar refractivity (Wildman–Crippen MR) is 98.5 cm³/mol. The molecule has 0 radical (unpaired) electrons. The fourth-order valence-corrected chi connectivity index (χ4v) is 2.88. The quantitative estimate of drug-likeness (QED) is 0.887. The summed E-state index contributed by atoms with van der Waals surface area (Å²) in [5, 5.41) is 2.82. The van der Waals surface area contributed by atoms with Crippen molar-refractivity contribution in [2.24, 2.45) is 0 Å². The number of morpholine rings is 1. The largest absolute Gasteiger partial charge is 0.469 e. The Labute approximate surface area is 152 Å². The van der Waals surface area contributed by atoms with E-state index in [-0.39, 0.29) is 18.4 Å². The van der Waals surface area contributed by atoms with Crippen LogP contribution in [0.3, 0.4) is 0 Å². The highest BCUT2D eigenvalue weighted by atomic mass is 16.5. The van der Waals surface area contributed by atoms with Crippen LogP contribution in [-0.2, 0) is 9.53 Å². The van der Waals surface area contributed by atoms with Gasteiger partial charge >= 0.3 is 0 Å². The Morgan fingerprint density at radius 3 is 2.46 bits per heavy atom. The van der Waals surface area contributed by atoms with Crippen LogP contribution in [0.5, 0.6) is 0 Å². The number of aryl methyl sites for hydroxylation is 1. The maximum Gasteiger partial charge on any atom is 0.257 e. The summed E-state index contributed by atoms with van der Waals surface area (Å²) in [5.41, 5.74) is 2.27. The molecule has 138 valence electrons. The molecule has 2 heterocycles. The molecule has 2 amide bonds. The molecule has 0 spiro atoms. The molecule has 1 aromatic carbocycles. The Bertz CT molecular complexity index is 763. The van der Waals surface area contributed by atoms with Crippen molar-refractivity contribution in [2.45, 2.75) is 6.92 Å². The van der Waals surface area contributed by atoms with E-state index >= 15 is 0 Å². The van der Waals surface area contributed by atoms with Crippen molar-refractivity contribution in [1.82, 2.24) is 4.90 Å². The number of nitrogens with one attached hydrogen (secondary N) is 1. The van der Waals surface area contributed by atoms with Crippen molar-refractivity contribution >= 4 is 23.2 Å². The Kier molecular flexibility index (Phi) is 5.58. The number of carbonyl (C=O) groups excluding carboxylic acids is 2. The molecule has 1 N–H and O–H groups in total. The van der Waals surface area contributed by atoms with Gasteiger partial charge in [0, 0.05) is 31.5 Å². The number of likely N-dealkylation sites (N-methyl/N-ethyl adjacent to an activating group) is 1. The van der Waals surface area contributed by atoms with E-state index < -0.39 is 0 Å². The molecule has 2 aromatic rings. The summed E-state index contributed by atoms with van der Waals surface area (Å²) >= 11 is 0. The molecule has 0 bridgehead atoms. The van der Waals surface area contributed by atoms with Gasteiger partial charge in [-0.3, -0.25) is 9.59 Å². The van der Waals surface area contributed by atoms with Gasteiger partial charge in [0.25, 0.3) is 5.91 Å². The normalized spacial score (nSPS) is 14.2. The molecule has 0 aliphatic carbocycles. The number of hydrogen-bond acceptors (Lipinski definition) is 5. The van der Waals surface area contributed by atoms with Crippen molar-refractivity contribution in [2.75, 3.05) is 50.1 Å². The summed E-state index contributed by atoms with van der Waals surface area (Å²) in [6.07, 6.45) is 1.46. The maximum absolute atomic E-state index is 12.3. The highest BCUT2D eigenvalue weighted by Crippen LogP contribution is 2.19. The summed E-state index contributed by atoms with van der Waals surface area (Å²) in [4.78, 5) is 28.1. The van der Waals surface area contributed by atoms with E-state index in [1.807, 2.05) is 24.3 Å². The second kappa shape index (κ2) is 8.05. The van der Waals surface area contributed by atoms with Crippen LogP contribution in [0.2, 0.25) is 0 Å².